The first-order chi connectivity index (χ1) is 13.4. The Morgan fingerprint density at radius 1 is 1.07 bits per heavy atom. The number of benzene rings is 2. The van der Waals surface area contributed by atoms with E-state index >= 15 is 0 Å². The van der Waals surface area contributed by atoms with E-state index in [0.717, 1.165) is 11.3 Å². The molecule has 0 unspecified atom stereocenters. The maximum Gasteiger partial charge on any atom is 0.265 e. The van der Waals surface area contributed by atoms with E-state index in [9.17, 15) is 8.42 Å². The van der Waals surface area contributed by atoms with Gasteiger partial charge in [0.05, 0.1) is 18.5 Å². The SMILES string of the molecule is COc1ccc(-c2onc(C)c2C)cc1S(=O)(=O)Nc1ccc2c(c1)OCO2. The average molecular weight is 402 g/mol. The number of aromatic nitrogens is 1. The minimum Gasteiger partial charge on any atom is -0.495 e. The summed E-state index contributed by atoms with van der Waals surface area (Å²) in [5, 5.41) is 3.93. The third-order valence-electron chi connectivity index (χ3n) is 4.50. The second kappa shape index (κ2) is 6.75. The predicted octanol–water partition coefficient (Wildman–Crippen LogP) is 3.50. The van der Waals surface area contributed by atoms with E-state index in [1.165, 1.54) is 13.2 Å². The summed E-state index contributed by atoms with van der Waals surface area (Å²) >= 11 is 0. The van der Waals surface area contributed by atoms with Gasteiger partial charge in [-0.05, 0) is 44.2 Å². The van der Waals surface area contributed by atoms with Crippen molar-refractivity contribution in [2.75, 3.05) is 18.6 Å². The normalized spacial score (nSPS) is 12.8. The lowest BCUT2D eigenvalue weighted by atomic mass is 10.1. The third-order valence-corrected chi connectivity index (χ3v) is 5.90. The number of sulfonamides is 1. The van der Waals surface area contributed by atoms with Crippen molar-refractivity contribution < 1.29 is 27.2 Å². The fourth-order valence-electron chi connectivity index (χ4n) is 2.88. The number of fused-ring (bicyclic) bond motifs is 1. The molecule has 0 amide bonds. The summed E-state index contributed by atoms with van der Waals surface area (Å²) < 4.78 is 49.8. The zero-order valence-corrected chi connectivity index (χ0v) is 16.3. The molecule has 1 aliphatic heterocycles. The molecule has 4 rings (SSSR count). The first kappa shape index (κ1) is 18.2. The lowest BCUT2D eigenvalue weighted by Crippen LogP contribution is -2.14. The maximum absolute atomic E-state index is 13.0. The highest BCUT2D eigenvalue weighted by atomic mass is 32.2. The summed E-state index contributed by atoms with van der Waals surface area (Å²) in [7, 11) is -2.53. The molecule has 1 aliphatic rings. The molecule has 1 N–H and O–H groups in total. The van der Waals surface area contributed by atoms with Gasteiger partial charge in [0.2, 0.25) is 6.79 Å². The number of methoxy groups -OCH3 is 1. The van der Waals surface area contributed by atoms with Crippen LogP contribution < -0.4 is 18.9 Å². The van der Waals surface area contributed by atoms with Gasteiger partial charge in [-0.3, -0.25) is 4.72 Å². The Balaban J connectivity index is 1.73. The Labute approximate surface area is 162 Å². The fourth-order valence-corrected chi connectivity index (χ4v) is 4.13. The highest BCUT2D eigenvalue weighted by Crippen LogP contribution is 2.36. The molecule has 28 heavy (non-hydrogen) atoms. The molecule has 2 heterocycles. The molecular weight excluding hydrogens is 384 g/mol. The van der Waals surface area contributed by atoms with Crippen molar-refractivity contribution in [2.45, 2.75) is 18.7 Å². The van der Waals surface area contributed by atoms with Gasteiger partial charge in [0.25, 0.3) is 10.0 Å². The topological polar surface area (TPSA) is 99.9 Å². The Morgan fingerprint density at radius 2 is 1.86 bits per heavy atom. The van der Waals surface area contributed by atoms with Gasteiger partial charge in [-0.25, -0.2) is 8.42 Å². The molecule has 0 spiro atoms. The number of hydrogen-bond acceptors (Lipinski definition) is 7. The van der Waals surface area contributed by atoms with E-state index in [1.807, 2.05) is 13.8 Å². The van der Waals surface area contributed by atoms with Crippen molar-refractivity contribution in [3.63, 3.8) is 0 Å². The summed E-state index contributed by atoms with van der Waals surface area (Å²) in [6.45, 7) is 3.80. The third kappa shape index (κ3) is 3.13. The molecule has 0 saturated heterocycles. The Morgan fingerprint density at radius 3 is 2.57 bits per heavy atom. The summed E-state index contributed by atoms with van der Waals surface area (Å²) in [5.74, 6) is 1.78. The van der Waals surface area contributed by atoms with Gasteiger partial charge < -0.3 is 18.7 Å². The Hall–Kier alpha value is -3.20. The Kier molecular flexibility index (Phi) is 4.38. The molecular formula is C19H18N2O6S. The molecule has 0 atom stereocenters. The van der Waals surface area contributed by atoms with Gasteiger partial charge in [0.15, 0.2) is 17.3 Å². The molecule has 2 aromatic carbocycles. The van der Waals surface area contributed by atoms with E-state index in [-0.39, 0.29) is 17.4 Å². The van der Waals surface area contributed by atoms with E-state index < -0.39 is 10.0 Å². The fraction of sp³-hybridized carbons (Fsp3) is 0.211. The van der Waals surface area contributed by atoms with Crippen LogP contribution in [0, 0.1) is 13.8 Å². The van der Waals surface area contributed by atoms with Gasteiger partial charge in [-0.1, -0.05) is 5.16 Å². The molecule has 146 valence electrons. The molecule has 0 radical (unpaired) electrons. The van der Waals surface area contributed by atoms with Crippen LogP contribution in [0.1, 0.15) is 11.3 Å². The Bertz CT molecular complexity index is 1150. The quantitative estimate of drug-likeness (QED) is 0.697. The van der Waals surface area contributed by atoms with E-state index in [1.54, 1.807) is 30.3 Å². The molecule has 1 aromatic heterocycles. The van der Waals surface area contributed by atoms with Gasteiger partial charge in [0, 0.05) is 17.2 Å². The predicted molar refractivity (Wildman–Crippen MR) is 101 cm³/mol. The first-order valence-corrected chi connectivity index (χ1v) is 9.91. The summed E-state index contributed by atoms with van der Waals surface area (Å²) in [6.07, 6.45) is 0. The number of hydrogen-bond donors (Lipinski definition) is 1. The first-order valence-electron chi connectivity index (χ1n) is 8.43. The summed E-state index contributed by atoms with van der Waals surface area (Å²) in [5.41, 5.74) is 2.53. The number of ether oxygens (including phenoxy) is 3. The number of anilines is 1. The van der Waals surface area contributed by atoms with Crippen molar-refractivity contribution in [1.82, 2.24) is 5.16 Å². The van der Waals surface area contributed by atoms with Crippen molar-refractivity contribution in [3.05, 3.63) is 47.7 Å². The summed E-state index contributed by atoms with van der Waals surface area (Å²) in [6, 6.07) is 9.63. The van der Waals surface area contributed by atoms with Gasteiger partial charge in [-0.2, -0.15) is 0 Å². The van der Waals surface area contributed by atoms with E-state index in [4.69, 9.17) is 18.7 Å². The minimum absolute atomic E-state index is 0.0152. The maximum atomic E-state index is 13.0. The zero-order chi connectivity index (χ0) is 19.9. The monoisotopic (exact) mass is 402 g/mol. The highest BCUT2D eigenvalue weighted by molar-refractivity contribution is 7.92. The molecule has 0 aliphatic carbocycles. The second-order valence-corrected chi connectivity index (χ2v) is 7.91. The van der Waals surface area contributed by atoms with Crippen LogP contribution >= 0.6 is 0 Å². The van der Waals surface area contributed by atoms with Crippen LogP contribution in [-0.2, 0) is 10.0 Å². The minimum atomic E-state index is -3.94. The van der Waals surface area contributed by atoms with Gasteiger partial charge in [-0.15, -0.1) is 0 Å². The van der Waals surface area contributed by atoms with Crippen LogP contribution in [0.4, 0.5) is 5.69 Å². The van der Waals surface area contributed by atoms with Crippen LogP contribution in [0.2, 0.25) is 0 Å². The molecule has 3 aromatic rings. The van der Waals surface area contributed by atoms with E-state index in [2.05, 4.69) is 9.88 Å². The van der Waals surface area contributed by atoms with Gasteiger partial charge >= 0.3 is 0 Å². The van der Waals surface area contributed by atoms with Gasteiger partial charge in [0.1, 0.15) is 10.6 Å². The average Bonchev–Trinajstić information content (AvgIpc) is 3.27. The second-order valence-electron chi connectivity index (χ2n) is 6.26. The van der Waals surface area contributed by atoms with E-state index in [0.29, 0.717) is 28.5 Å². The lowest BCUT2D eigenvalue weighted by Gasteiger charge is -2.13. The number of nitrogens with one attached hydrogen (secondary N) is 1. The molecule has 8 nitrogen and oxygen atoms in total. The van der Waals surface area contributed by atoms with Crippen molar-refractivity contribution >= 4 is 15.7 Å². The smallest absolute Gasteiger partial charge is 0.265 e. The molecule has 0 bridgehead atoms. The van der Waals surface area contributed by atoms with Crippen LogP contribution in [0.15, 0.2) is 45.8 Å². The lowest BCUT2D eigenvalue weighted by molar-refractivity contribution is 0.174. The number of nitrogens with zero attached hydrogens (tertiary/aromatic N) is 1. The number of rotatable bonds is 5. The van der Waals surface area contributed by atoms with Crippen LogP contribution in [0.25, 0.3) is 11.3 Å². The molecule has 0 fully saturated rings. The zero-order valence-electron chi connectivity index (χ0n) is 15.5. The molecule has 0 saturated carbocycles. The van der Waals surface area contributed by atoms with Crippen molar-refractivity contribution in [2.24, 2.45) is 0 Å². The highest BCUT2D eigenvalue weighted by Gasteiger charge is 2.23. The standard InChI is InChI=1S/C19H18N2O6S/c1-11-12(2)20-27-19(11)13-4-6-16(24-3)18(8-13)28(22,23)21-14-5-7-15-17(9-14)26-10-25-15/h4-9,21H,10H2,1-3H3. The van der Waals surface area contributed by atoms with Crippen LogP contribution in [0.5, 0.6) is 17.2 Å². The largest absolute Gasteiger partial charge is 0.495 e. The van der Waals surface area contributed by atoms with Crippen molar-refractivity contribution in [1.29, 1.82) is 0 Å². The number of aryl methyl sites for hydroxylation is 1. The van der Waals surface area contributed by atoms with Crippen molar-refractivity contribution in [3.8, 4) is 28.6 Å². The van der Waals surface area contributed by atoms with Crippen LogP contribution in [-0.4, -0.2) is 27.5 Å². The molecule has 9 heteroatoms. The van der Waals surface area contributed by atoms with Crippen LogP contribution in [0.3, 0.4) is 0 Å². The summed E-state index contributed by atoms with van der Waals surface area (Å²) in [4.78, 5) is -0.0152.